The zero-order chi connectivity index (χ0) is 22.4. The molecule has 0 bridgehead atoms. The molecule has 2 aromatic carbocycles. The standard InChI is InChI=1S/C25H20N8/c1-14(2)11-17(24-30-18-5-3-15(12-20(18)32-24)22-26-7-8-27-22)25-31-19-6-4-16(13-21(19)33-25)23-28-9-10-29-23/h3-13H,1H2,2H3,(H,26,27)(H,28,29)(H,30,32)(H,31,33). The molecule has 8 heteroatoms. The van der Waals surface area contributed by atoms with Gasteiger partial charge in [-0.2, -0.15) is 0 Å². The van der Waals surface area contributed by atoms with Crippen LogP contribution in [-0.2, 0) is 0 Å². The van der Waals surface area contributed by atoms with Gasteiger partial charge in [-0.05, 0) is 49.4 Å². The number of H-pyrrole nitrogens is 4. The summed E-state index contributed by atoms with van der Waals surface area (Å²) in [6.07, 6.45) is 9.08. The maximum atomic E-state index is 4.82. The first-order valence-electron chi connectivity index (χ1n) is 10.5. The van der Waals surface area contributed by atoms with Gasteiger partial charge in [-0.1, -0.05) is 12.2 Å². The second-order valence-corrected chi connectivity index (χ2v) is 7.91. The van der Waals surface area contributed by atoms with E-state index in [2.05, 4.69) is 36.5 Å². The van der Waals surface area contributed by atoms with Crippen LogP contribution >= 0.6 is 0 Å². The van der Waals surface area contributed by atoms with Gasteiger partial charge in [-0.15, -0.1) is 0 Å². The molecule has 4 aromatic heterocycles. The van der Waals surface area contributed by atoms with Gasteiger partial charge >= 0.3 is 0 Å². The number of allylic oxidation sites excluding steroid dienone is 2. The van der Waals surface area contributed by atoms with Crippen molar-refractivity contribution < 1.29 is 0 Å². The van der Waals surface area contributed by atoms with Crippen LogP contribution in [0.5, 0.6) is 0 Å². The van der Waals surface area contributed by atoms with E-state index >= 15 is 0 Å². The van der Waals surface area contributed by atoms with E-state index in [4.69, 9.17) is 9.97 Å². The Morgan fingerprint density at radius 1 is 0.788 bits per heavy atom. The van der Waals surface area contributed by atoms with Gasteiger partial charge in [0.15, 0.2) is 0 Å². The van der Waals surface area contributed by atoms with Gasteiger partial charge in [0.25, 0.3) is 0 Å². The van der Waals surface area contributed by atoms with Gasteiger partial charge in [0, 0.05) is 35.9 Å². The molecule has 0 amide bonds. The highest BCUT2D eigenvalue weighted by atomic mass is 15.0. The fourth-order valence-electron chi connectivity index (χ4n) is 3.91. The second-order valence-electron chi connectivity index (χ2n) is 7.91. The monoisotopic (exact) mass is 432 g/mol. The number of imidazole rings is 4. The molecule has 6 aromatic rings. The molecule has 0 saturated heterocycles. The van der Waals surface area contributed by atoms with Gasteiger partial charge in [0.2, 0.25) is 0 Å². The van der Waals surface area contributed by atoms with Crippen molar-refractivity contribution in [1.82, 2.24) is 39.9 Å². The van der Waals surface area contributed by atoms with Crippen LogP contribution in [0, 0.1) is 0 Å². The van der Waals surface area contributed by atoms with E-state index in [1.165, 1.54) is 0 Å². The van der Waals surface area contributed by atoms with E-state index in [0.29, 0.717) is 0 Å². The van der Waals surface area contributed by atoms with Crippen molar-refractivity contribution in [2.45, 2.75) is 6.92 Å². The summed E-state index contributed by atoms with van der Waals surface area (Å²) in [6, 6.07) is 12.1. The van der Waals surface area contributed by atoms with Crippen LogP contribution in [0.1, 0.15) is 18.6 Å². The van der Waals surface area contributed by atoms with Gasteiger partial charge < -0.3 is 19.9 Å². The lowest BCUT2D eigenvalue weighted by molar-refractivity contribution is 1.19. The zero-order valence-corrected chi connectivity index (χ0v) is 17.8. The number of hydrogen-bond donors (Lipinski definition) is 4. The summed E-state index contributed by atoms with van der Waals surface area (Å²) in [7, 11) is 0. The summed E-state index contributed by atoms with van der Waals surface area (Å²) in [5, 5.41) is 0. The molecule has 0 unspecified atom stereocenters. The molecule has 4 heterocycles. The van der Waals surface area contributed by atoms with E-state index in [1.807, 2.05) is 61.8 Å². The van der Waals surface area contributed by atoms with Gasteiger partial charge in [-0.3, -0.25) is 0 Å². The molecule has 0 radical (unpaired) electrons. The number of rotatable bonds is 5. The molecule has 0 aliphatic carbocycles. The average Bonchev–Trinajstić information content (AvgIpc) is 3.61. The first-order valence-corrected chi connectivity index (χ1v) is 10.5. The van der Waals surface area contributed by atoms with Crippen LogP contribution in [0.25, 0.3) is 50.4 Å². The summed E-state index contributed by atoms with van der Waals surface area (Å²) in [6.45, 7) is 6.02. The summed E-state index contributed by atoms with van der Waals surface area (Å²) >= 11 is 0. The zero-order valence-electron chi connectivity index (χ0n) is 17.8. The van der Waals surface area contributed by atoms with Gasteiger partial charge in [0.1, 0.15) is 23.3 Å². The number of fused-ring (bicyclic) bond motifs is 2. The van der Waals surface area contributed by atoms with Crippen LogP contribution in [0.2, 0.25) is 0 Å². The number of hydrogen-bond acceptors (Lipinski definition) is 4. The number of aromatic nitrogens is 8. The molecule has 160 valence electrons. The highest BCUT2D eigenvalue weighted by molar-refractivity contribution is 5.88. The van der Waals surface area contributed by atoms with Crippen LogP contribution in [0.3, 0.4) is 0 Å². The maximum Gasteiger partial charge on any atom is 0.142 e. The topological polar surface area (TPSA) is 115 Å². The van der Waals surface area contributed by atoms with Crippen LogP contribution in [-0.4, -0.2) is 39.9 Å². The first-order chi connectivity index (χ1) is 16.1. The lowest BCUT2D eigenvalue weighted by Crippen LogP contribution is -1.93. The SMILES string of the molecule is C=C(C)C=C(c1nc2ccc(-c3ncc[nH]3)cc2[nH]1)c1nc2ccc(-c3ncc[nH]3)cc2[nH]1. The van der Waals surface area contributed by atoms with Crippen molar-refractivity contribution in [2.24, 2.45) is 0 Å². The summed E-state index contributed by atoms with van der Waals surface area (Å²) < 4.78 is 0. The molecule has 0 spiro atoms. The smallest absolute Gasteiger partial charge is 0.142 e. The molecule has 0 aliphatic heterocycles. The lowest BCUT2D eigenvalue weighted by Gasteiger charge is -2.01. The summed E-state index contributed by atoms with van der Waals surface area (Å²) in [5.74, 6) is 3.07. The summed E-state index contributed by atoms with van der Waals surface area (Å²) in [5.41, 5.74) is 7.29. The van der Waals surface area contributed by atoms with Crippen molar-refractivity contribution in [3.63, 3.8) is 0 Å². The molecule has 0 saturated carbocycles. The van der Waals surface area contributed by atoms with Crippen LogP contribution in [0.4, 0.5) is 0 Å². The van der Waals surface area contributed by atoms with Crippen molar-refractivity contribution in [1.29, 1.82) is 0 Å². The van der Waals surface area contributed by atoms with Crippen LogP contribution in [0.15, 0.2) is 79.4 Å². The molecule has 0 atom stereocenters. The average molecular weight is 432 g/mol. The van der Waals surface area contributed by atoms with Crippen molar-refractivity contribution in [2.75, 3.05) is 0 Å². The largest absolute Gasteiger partial charge is 0.345 e. The third kappa shape index (κ3) is 3.43. The number of benzene rings is 2. The molecule has 0 aliphatic rings. The molecule has 6 rings (SSSR count). The number of nitrogens with one attached hydrogen (secondary N) is 4. The summed E-state index contributed by atoms with van der Waals surface area (Å²) in [4.78, 5) is 31.5. The van der Waals surface area contributed by atoms with E-state index in [9.17, 15) is 0 Å². The molecule has 33 heavy (non-hydrogen) atoms. The quantitative estimate of drug-likeness (QED) is 0.279. The maximum absolute atomic E-state index is 4.82. The normalized spacial score (nSPS) is 11.3. The van der Waals surface area contributed by atoms with E-state index in [1.54, 1.807) is 12.4 Å². The molecular weight excluding hydrogens is 412 g/mol. The Morgan fingerprint density at radius 3 is 1.73 bits per heavy atom. The second kappa shape index (κ2) is 7.45. The lowest BCUT2D eigenvalue weighted by atomic mass is 10.1. The van der Waals surface area contributed by atoms with E-state index < -0.39 is 0 Å². The van der Waals surface area contributed by atoms with E-state index in [-0.39, 0.29) is 0 Å². The van der Waals surface area contributed by atoms with E-state index in [0.717, 1.165) is 67.6 Å². The Balaban J connectivity index is 1.45. The third-order valence-electron chi connectivity index (χ3n) is 5.41. The molecule has 4 N–H and O–H groups in total. The molecule has 0 fully saturated rings. The third-order valence-corrected chi connectivity index (χ3v) is 5.41. The fourth-order valence-corrected chi connectivity index (χ4v) is 3.91. The predicted octanol–water partition coefficient (Wildman–Crippen LogP) is 5.23. The van der Waals surface area contributed by atoms with Crippen molar-refractivity contribution in [3.05, 3.63) is 91.1 Å². The predicted molar refractivity (Wildman–Crippen MR) is 129 cm³/mol. The fraction of sp³-hybridized carbons (Fsp3) is 0.0400. The highest BCUT2D eigenvalue weighted by Crippen LogP contribution is 2.28. The van der Waals surface area contributed by atoms with Gasteiger partial charge in [-0.25, -0.2) is 19.9 Å². The highest BCUT2D eigenvalue weighted by Gasteiger charge is 2.16. The molecule has 8 nitrogen and oxygen atoms in total. The first kappa shape index (κ1) is 19.0. The van der Waals surface area contributed by atoms with Crippen LogP contribution < -0.4 is 0 Å². The Hall–Kier alpha value is -4.72. The van der Waals surface area contributed by atoms with Gasteiger partial charge in [0.05, 0.1) is 27.6 Å². The minimum atomic E-state index is 0.718. The number of aromatic amines is 4. The Morgan fingerprint density at radius 2 is 1.30 bits per heavy atom. The Labute approximate surface area is 188 Å². The molecular formula is C25H20N8. The van der Waals surface area contributed by atoms with Crippen molar-refractivity contribution in [3.8, 4) is 22.8 Å². The van der Waals surface area contributed by atoms with Crippen molar-refractivity contribution >= 4 is 27.6 Å². The number of nitrogens with zero attached hydrogens (tertiary/aromatic N) is 4. The Bertz CT molecular complexity index is 1510. The Kier molecular flexibility index (Phi) is 4.29. The minimum Gasteiger partial charge on any atom is -0.345 e. The minimum absolute atomic E-state index is 0.718.